The lowest BCUT2D eigenvalue weighted by Gasteiger charge is -2.39. The van der Waals surface area contributed by atoms with Crippen LogP contribution in [0.15, 0.2) is 181 Å². The van der Waals surface area contributed by atoms with Crippen LogP contribution in [-0.4, -0.2) is 17.1 Å². The molecule has 0 bridgehead atoms. The maximum atomic E-state index is 5.57. The Morgan fingerprint density at radius 3 is 2.29 bits per heavy atom. The zero-order valence-corrected chi connectivity index (χ0v) is 32.2. The van der Waals surface area contributed by atoms with Crippen LogP contribution in [0.25, 0.3) is 0 Å². The van der Waals surface area contributed by atoms with Crippen LogP contribution < -0.4 is 9.80 Å². The van der Waals surface area contributed by atoms with Crippen LogP contribution in [0.1, 0.15) is 91.0 Å². The predicted molar refractivity (Wildman–Crippen MR) is 232 cm³/mol. The summed E-state index contributed by atoms with van der Waals surface area (Å²) in [5.74, 6) is 4.08. The summed E-state index contributed by atoms with van der Waals surface area (Å²) in [6.45, 7) is 0. The fourth-order valence-corrected chi connectivity index (χ4v) is 11.3. The number of hydrogen-bond acceptors (Lipinski definition) is 3. The highest BCUT2D eigenvalue weighted by molar-refractivity contribution is 5.73. The number of rotatable bonds is 6. The van der Waals surface area contributed by atoms with E-state index in [9.17, 15) is 0 Å². The first-order chi connectivity index (χ1) is 27.8. The number of allylic oxidation sites excluding steroid dienone is 15. The number of benzene rings is 2. The Hall–Kier alpha value is -5.41. The average molecular weight is 730 g/mol. The van der Waals surface area contributed by atoms with Crippen molar-refractivity contribution in [2.24, 2.45) is 17.8 Å². The van der Waals surface area contributed by atoms with E-state index in [4.69, 9.17) is 4.98 Å². The topological polar surface area (TPSA) is 19.4 Å². The lowest BCUT2D eigenvalue weighted by Crippen LogP contribution is -2.37. The largest absolute Gasteiger partial charge is 0.334 e. The summed E-state index contributed by atoms with van der Waals surface area (Å²) in [6.07, 6.45) is 50.4. The molecule has 6 aliphatic carbocycles. The monoisotopic (exact) mass is 729 g/mol. The highest BCUT2D eigenvalue weighted by Crippen LogP contribution is 2.56. The summed E-state index contributed by atoms with van der Waals surface area (Å²) in [5.41, 5.74) is 11.2. The average Bonchev–Trinajstić information content (AvgIpc) is 3.80. The number of para-hydroxylation sites is 1. The molecule has 8 aliphatic rings. The minimum Gasteiger partial charge on any atom is -0.334 e. The predicted octanol–water partition coefficient (Wildman–Crippen LogP) is 12.7. The number of fused-ring (bicyclic) bond motifs is 5. The second-order valence-corrected chi connectivity index (χ2v) is 17.1. The summed E-state index contributed by atoms with van der Waals surface area (Å²) >= 11 is 0. The summed E-state index contributed by atoms with van der Waals surface area (Å²) in [4.78, 5) is 10.8. The minimum absolute atomic E-state index is 0.242. The van der Waals surface area contributed by atoms with Crippen molar-refractivity contribution < 1.29 is 0 Å². The molecule has 9 unspecified atom stereocenters. The number of aromatic nitrogens is 1. The fraction of sp³-hybridized carbons (Fsp3) is 0.302. The van der Waals surface area contributed by atoms with E-state index in [0.29, 0.717) is 47.5 Å². The van der Waals surface area contributed by atoms with Gasteiger partial charge in [-0.15, -0.1) is 0 Å². The van der Waals surface area contributed by atoms with Crippen LogP contribution in [0, 0.1) is 17.8 Å². The quantitative estimate of drug-likeness (QED) is 0.236. The second-order valence-electron chi connectivity index (χ2n) is 17.1. The maximum absolute atomic E-state index is 5.57. The molecule has 56 heavy (non-hydrogen) atoms. The number of hydrogen-bond donors (Lipinski definition) is 0. The van der Waals surface area contributed by atoms with E-state index in [2.05, 4.69) is 180 Å². The van der Waals surface area contributed by atoms with Crippen LogP contribution in [-0.2, 0) is 0 Å². The lowest BCUT2D eigenvalue weighted by molar-refractivity contribution is 0.302. The molecule has 0 spiro atoms. The van der Waals surface area contributed by atoms with Crippen LogP contribution in [0.3, 0.4) is 0 Å². The van der Waals surface area contributed by atoms with Crippen molar-refractivity contribution in [2.45, 2.75) is 80.7 Å². The van der Waals surface area contributed by atoms with Gasteiger partial charge in [-0.25, -0.2) is 4.98 Å². The van der Waals surface area contributed by atoms with E-state index in [1.165, 1.54) is 58.7 Å². The Kier molecular flexibility index (Phi) is 8.63. The highest BCUT2D eigenvalue weighted by Gasteiger charge is 2.48. The molecule has 3 heterocycles. The molecule has 2 aromatic carbocycles. The van der Waals surface area contributed by atoms with E-state index in [1.807, 2.05) is 0 Å². The fourth-order valence-electron chi connectivity index (χ4n) is 11.3. The summed E-state index contributed by atoms with van der Waals surface area (Å²) in [7, 11) is 0. The Bertz CT molecular complexity index is 2320. The highest BCUT2D eigenvalue weighted by atomic mass is 15.2. The van der Waals surface area contributed by atoms with Gasteiger partial charge in [0.15, 0.2) is 0 Å². The van der Waals surface area contributed by atoms with Gasteiger partial charge in [0.1, 0.15) is 5.82 Å². The Morgan fingerprint density at radius 1 is 0.607 bits per heavy atom. The molecular weight excluding hydrogens is 679 g/mol. The van der Waals surface area contributed by atoms with Gasteiger partial charge in [0, 0.05) is 52.4 Å². The number of nitrogens with zero attached hydrogens (tertiary/aromatic N) is 3. The summed E-state index contributed by atoms with van der Waals surface area (Å²) in [5, 5.41) is 0. The zero-order chi connectivity index (χ0) is 37.0. The van der Waals surface area contributed by atoms with E-state index < -0.39 is 0 Å². The van der Waals surface area contributed by atoms with Gasteiger partial charge < -0.3 is 9.80 Å². The van der Waals surface area contributed by atoms with Gasteiger partial charge in [-0.3, -0.25) is 0 Å². The first-order valence-corrected chi connectivity index (χ1v) is 21.3. The van der Waals surface area contributed by atoms with Gasteiger partial charge in [0.25, 0.3) is 0 Å². The van der Waals surface area contributed by atoms with Crippen LogP contribution in [0.5, 0.6) is 0 Å². The number of pyridine rings is 1. The van der Waals surface area contributed by atoms with Crippen molar-refractivity contribution >= 4 is 17.2 Å². The second kappa shape index (κ2) is 14.3. The van der Waals surface area contributed by atoms with Crippen molar-refractivity contribution in [1.29, 1.82) is 0 Å². The maximum Gasteiger partial charge on any atom is 0.134 e. The molecule has 0 amide bonds. The van der Waals surface area contributed by atoms with Gasteiger partial charge in [-0.2, -0.15) is 0 Å². The summed E-state index contributed by atoms with van der Waals surface area (Å²) < 4.78 is 0. The normalized spacial score (nSPS) is 31.9. The minimum atomic E-state index is 0.242. The molecule has 2 aliphatic heterocycles. The lowest BCUT2D eigenvalue weighted by atomic mass is 9.67. The molecule has 3 aromatic rings. The third kappa shape index (κ3) is 5.81. The third-order valence-electron chi connectivity index (χ3n) is 14.0. The van der Waals surface area contributed by atoms with Crippen molar-refractivity contribution in [3.8, 4) is 0 Å². The Morgan fingerprint density at radius 2 is 1.45 bits per heavy atom. The van der Waals surface area contributed by atoms with Gasteiger partial charge in [0.05, 0.1) is 12.1 Å². The van der Waals surface area contributed by atoms with Gasteiger partial charge in [-0.05, 0) is 115 Å². The van der Waals surface area contributed by atoms with Gasteiger partial charge in [-0.1, -0.05) is 134 Å². The molecule has 1 aromatic heterocycles. The molecule has 3 nitrogen and oxygen atoms in total. The molecule has 278 valence electrons. The smallest absolute Gasteiger partial charge is 0.134 e. The molecule has 11 rings (SSSR count). The molecule has 0 saturated heterocycles. The molecular formula is C53H51N3. The van der Waals surface area contributed by atoms with Crippen molar-refractivity contribution in [3.63, 3.8) is 0 Å². The summed E-state index contributed by atoms with van der Waals surface area (Å²) in [6, 6.07) is 24.0. The van der Waals surface area contributed by atoms with Gasteiger partial charge in [0.2, 0.25) is 0 Å². The van der Waals surface area contributed by atoms with E-state index in [0.717, 1.165) is 31.5 Å². The van der Waals surface area contributed by atoms with Gasteiger partial charge >= 0.3 is 0 Å². The van der Waals surface area contributed by atoms with E-state index in [1.54, 1.807) is 5.57 Å². The zero-order valence-electron chi connectivity index (χ0n) is 32.2. The Labute approximate surface area is 332 Å². The first kappa shape index (κ1) is 33.9. The van der Waals surface area contributed by atoms with Crippen molar-refractivity contribution in [3.05, 3.63) is 204 Å². The third-order valence-corrected chi connectivity index (χ3v) is 14.0. The number of anilines is 3. The first-order valence-electron chi connectivity index (χ1n) is 21.3. The van der Waals surface area contributed by atoms with Crippen molar-refractivity contribution in [1.82, 2.24) is 4.98 Å². The SMILES string of the molecule is C1=CCC(c2cccc(N3C4=C(CC(C5CC=CC6C5c5ccccc5N6c5cc(C6C=CC=CC6)cc(C6C=CCCC6)n5)C=C4)C4C=CC=CC43)c2)C=C1. The van der Waals surface area contributed by atoms with E-state index in [-0.39, 0.29) is 6.04 Å². The molecule has 3 heteroatoms. The van der Waals surface area contributed by atoms with Crippen LogP contribution >= 0.6 is 0 Å². The van der Waals surface area contributed by atoms with Crippen molar-refractivity contribution in [2.75, 3.05) is 9.80 Å². The van der Waals surface area contributed by atoms with Crippen LogP contribution in [0.4, 0.5) is 17.2 Å². The van der Waals surface area contributed by atoms with E-state index >= 15 is 0 Å². The standard InChI is InChI=1S/C53H51N3/c1-4-16-36(17-5-1)39-22-14-23-42(32-39)55-48-27-12-10-24-44(48)46-33-40(30-31-50(46)55)43-26-15-29-51-53(43)45-25-11-13-28-49(45)56(51)52-35-41(37-18-6-2-7-19-37)34-47(54-52)38-20-8-3-9-21-38/h1-2,4-8,10-16,18,20,22-25,27-32,34-38,40,43-44,48,51,53H,3,9,17,19,21,26,33H2. The molecule has 0 N–H and O–H groups in total. The van der Waals surface area contributed by atoms with Crippen LogP contribution in [0.2, 0.25) is 0 Å². The molecule has 9 atom stereocenters. The molecule has 0 saturated carbocycles. The molecule has 0 radical (unpaired) electrons. The Balaban J connectivity index is 0.934. The molecule has 0 fully saturated rings.